The van der Waals surface area contributed by atoms with Crippen LogP contribution < -0.4 is 15.4 Å². The lowest BCUT2D eigenvalue weighted by Crippen LogP contribution is -2.41. The van der Waals surface area contributed by atoms with E-state index < -0.39 is 68.7 Å². The van der Waals surface area contributed by atoms with Crippen LogP contribution in [-0.2, 0) is 5.41 Å². The Morgan fingerprint density at radius 2 is 1.09 bits per heavy atom. The molecule has 4 aromatic rings. The van der Waals surface area contributed by atoms with Crippen molar-refractivity contribution in [3.05, 3.63) is 124 Å². The number of carbonyl (C=O) groups excluding carboxylic acids is 2. The average Bonchev–Trinajstić information content (AvgIpc) is 3.01. The number of benzene rings is 4. The maximum absolute atomic E-state index is 14.9. The first kappa shape index (κ1) is 37.5. The predicted octanol–water partition coefficient (Wildman–Crippen LogP) is 7.94. The largest absolute Gasteiger partial charge is 0.478 e. The maximum Gasteiger partial charge on any atom is 0.402 e. The summed E-state index contributed by atoms with van der Waals surface area (Å²) < 4.78 is 50.3. The van der Waals surface area contributed by atoms with Gasteiger partial charge in [0.1, 0.15) is 16.9 Å². The monoisotopic (exact) mass is 652 g/mol. The zero-order valence-electron chi connectivity index (χ0n) is 24.2. The molecule has 0 fully saturated rings. The second-order valence-electron chi connectivity index (χ2n) is 10.2. The lowest BCUT2D eigenvalue weighted by atomic mass is 9.74. The normalized spacial score (nSPS) is 12.0. The van der Waals surface area contributed by atoms with Crippen LogP contribution in [0.2, 0.25) is 0 Å². The van der Waals surface area contributed by atoms with Gasteiger partial charge >= 0.3 is 18.1 Å². The Morgan fingerprint density at radius 1 is 0.660 bits per heavy atom. The summed E-state index contributed by atoms with van der Waals surface area (Å²) in [4.78, 5) is 49.3. The Hall–Kier alpha value is -5.65. The molecule has 9 nitrogen and oxygen atoms in total. The number of hydrogen-bond donors (Lipinski definition) is 4. The molecule has 4 aromatic carbocycles. The van der Waals surface area contributed by atoms with Gasteiger partial charge in [0.15, 0.2) is 0 Å². The molecule has 0 aliphatic carbocycles. The van der Waals surface area contributed by atoms with Crippen molar-refractivity contribution < 1.29 is 47.3 Å². The van der Waals surface area contributed by atoms with Crippen LogP contribution in [-0.4, -0.2) is 47.2 Å². The Balaban J connectivity index is 0.00000384. The topological polar surface area (TPSA) is 142 Å². The average molecular weight is 653 g/mol. The number of anilines is 1. The minimum absolute atomic E-state index is 0. The number of carboxylic acids is 2. The summed E-state index contributed by atoms with van der Waals surface area (Å²) in [6, 6.07) is 18.6. The number of ether oxygens (including phenoxy) is 1. The van der Waals surface area contributed by atoms with Crippen molar-refractivity contribution in [2.24, 2.45) is 0 Å². The van der Waals surface area contributed by atoms with Crippen LogP contribution in [0.25, 0.3) is 0 Å². The molecule has 1 unspecified atom stereocenters. The highest BCUT2D eigenvalue weighted by Gasteiger charge is 2.54. The molecule has 248 valence electrons. The fraction of sp³-hybridized carbons (Fsp3) is 0.200. The van der Waals surface area contributed by atoms with E-state index in [0.717, 1.165) is 48.9 Å². The van der Waals surface area contributed by atoms with Gasteiger partial charge in [-0.25, -0.2) is 9.59 Å². The van der Waals surface area contributed by atoms with Gasteiger partial charge in [-0.15, -0.1) is 0 Å². The molecule has 12 heteroatoms. The van der Waals surface area contributed by atoms with Gasteiger partial charge in [0.2, 0.25) is 0 Å². The van der Waals surface area contributed by atoms with Gasteiger partial charge in [0.25, 0.3) is 11.8 Å². The number of aromatic carboxylic acids is 2. The molecule has 1 atom stereocenters. The zero-order chi connectivity index (χ0) is 33.1. The van der Waals surface area contributed by atoms with Gasteiger partial charge in [-0.05, 0) is 85.6 Å². The third-order valence-corrected chi connectivity index (χ3v) is 7.31. The van der Waals surface area contributed by atoms with Crippen LogP contribution in [0, 0.1) is 6.92 Å². The summed E-state index contributed by atoms with van der Waals surface area (Å²) in [5.74, 6) is -3.96. The third-order valence-electron chi connectivity index (χ3n) is 7.31. The fourth-order valence-electron chi connectivity index (χ4n) is 4.64. The highest BCUT2D eigenvalue weighted by atomic mass is 19.4. The van der Waals surface area contributed by atoms with Gasteiger partial charge in [-0.2, -0.15) is 13.2 Å². The molecule has 47 heavy (non-hydrogen) atoms. The number of aryl methyl sites for hydroxylation is 1. The van der Waals surface area contributed by atoms with E-state index in [0.29, 0.717) is 11.5 Å². The smallest absolute Gasteiger partial charge is 0.402 e. The first-order valence-electron chi connectivity index (χ1n) is 13.4. The lowest BCUT2D eigenvalue weighted by molar-refractivity contribution is -0.173. The molecular formula is C35H35F3N2O7. The number of amides is 2. The molecule has 0 aliphatic rings. The summed E-state index contributed by atoms with van der Waals surface area (Å²) in [5, 5.41) is 23.9. The molecule has 4 rings (SSSR count). The van der Waals surface area contributed by atoms with Gasteiger partial charge in [-0.3, -0.25) is 9.59 Å². The van der Waals surface area contributed by atoms with Crippen LogP contribution >= 0.6 is 0 Å². The SMILES string of the molecule is C.C.CNC(=O)c1cc(C(C)(c2ccc(C(=O)O)c(C(=O)Nc3ccc(Oc4ccc(C)cc4)cc3)c2)C(F)(F)F)ccc1C(=O)O. The molecule has 0 spiro atoms. The molecular weight excluding hydrogens is 617 g/mol. The Labute approximate surface area is 270 Å². The van der Waals surface area contributed by atoms with Crippen molar-refractivity contribution in [1.29, 1.82) is 0 Å². The van der Waals surface area contributed by atoms with Gasteiger partial charge in [-0.1, -0.05) is 44.7 Å². The first-order chi connectivity index (χ1) is 21.1. The van der Waals surface area contributed by atoms with Gasteiger partial charge in [0.05, 0.1) is 22.3 Å². The number of rotatable bonds is 9. The molecule has 0 aliphatic heterocycles. The van der Waals surface area contributed by atoms with Crippen molar-refractivity contribution in [1.82, 2.24) is 5.32 Å². The summed E-state index contributed by atoms with van der Waals surface area (Å²) in [6.07, 6.45) is -5.04. The van der Waals surface area contributed by atoms with Crippen molar-refractivity contribution >= 4 is 29.4 Å². The Morgan fingerprint density at radius 3 is 1.49 bits per heavy atom. The lowest BCUT2D eigenvalue weighted by Gasteiger charge is -2.34. The van der Waals surface area contributed by atoms with Crippen LogP contribution in [0.5, 0.6) is 11.5 Å². The van der Waals surface area contributed by atoms with E-state index in [9.17, 15) is 42.6 Å². The molecule has 0 saturated heterocycles. The fourth-order valence-corrected chi connectivity index (χ4v) is 4.64. The summed E-state index contributed by atoms with van der Waals surface area (Å²) in [7, 11) is 1.20. The number of carboxylic acid groups (broad SMARTS) is 2. The van der Waals surface area contributed by atoms with E-state index in [1.807, 2.05) is 19.1 Å². The highest BCUT2D eigenvalue weighted by molar-refractivity contribution is 6.11. The predicted molar refractivity (Wildman–Crippen MR) is 172 cm³/mol. The van der Waals surface area contributed by atoms with Crippen molar-refractivity contribution in [2.75, 3.05) is 12.4 Å². The van der Waals surface area contributed by atoms with Crippen LogP contribution in [0.4, 0.5) is 18.9 Å². The minimum atomic E-state index is -5.04. The minimum Gasteiger partial charge on any atom is -0.478 e. The first-order valence-corrected chi connectivity index (χ1v) is 13.4. The maximum atomic E-state index is 14.9. The van der Waals surface area contributed by atoms with Crippen LogP contribution in [0.15, 0.2) is 84.9 Å². The molecule has 0 heterocycles. The molecule has 0 radical (unpaired) electrons. The number of hydrogen-bond acceptors (Lipinski definition) is 5. The zero-order valence-corrected chi connectivity index (χ0v) is 24.2. The van der Waals surface area contributed by atoms with Crippen LogP contribution in [0.3, 0.4) is 0 Å². The Kier molecular flexibility index (Phi) is 11.7. The van der Waals surface area contributed by atoms with Crippen LogP contribution in [0.1, 0.15) is 79.9 Å². The molecule has 0 bridgehead atoms. The van der Waals surface area contributed by atoms with E-state index in [4.69, 9.17) is 4.74 Å². The summed E-state index contributed by atoms with van der Waals surface area (Å²) in [5.41, 5.74) is -4.77. The molecule has 0 aromatic heterocycles. The van der Waals surface area contributed by atoms with E-state index in [2.05, 4.69) is 10.6 Å². The molecule has 4 N–H and O–H groups in total. The number of nitrogens with one attached hydrogen (secondary N) is 2. The second kappa shape index (κ2) is 14.6. The van der Waals surface area contributed by atoms with Crippen molar-refractivity contribution in [3.8, 4) is 11.5 Å². The summed E-state index contributed by atoms with van der Waals surface area (Å²) >= 11 is 0. The quantitative estimate of drug-likeness (QED) is 0.144. The Bertz CT molecular complexity index is 1790. The van der Waals surface area contributed by atoms with Gasteiger partial charge in [0, 0.05) is 12.7 Å². The molecule has 0 saturated carbocycles. The summed E-state index contributed by atoms with van der Waals surface area (Å²) in [6.45, 7) is 2.72. The van der Waals surface area contributed by atoms with E-state index in [-0.39, 0.29) is 20.5 Å². The van der Waals surface area contributed by atoms with E-state index in [1.54, 1.807) is 24.3 Å². The number of halogens is 3. The standard InChI is InChI=1S/C33H27F3N2O7.2CH4/c1-18-4-10-22(11-5-18)45-23-12-8-21(9-13-23)38-29(40)27-17-20(7-15-25(27)31(43)44)32(2,33(34,35)36)19-6-14-24(30(41)42)26(16-19)28(39)37-3;;/h4-17H,1-3H3,(H,37,39)(H,38,40)(H,41,42)(H,43,44);2*1H4. The van der Waals surface area contributed by atoms with Crippen molar-refractivity contribution in [2.45, 2.75) is 40.3 Å². The third kappa shape index (κ3) is 7.78. The van der Waals surface area contributed by atoms with E-state index >= 15 is 0 Å². The van der Waals surface area contributed by atoms with Crippen molar-refractivity contribution in [3.63, 3.8) is 0 Å². The highest BCUT2D eigenvalue weighted by Crippen LogP contribution is 2.47. The molecule has 2 amide bonds. The number of alkyl halides is 3. The van der Waals surface area contributed by atoms with E-state index in [1.165, 1.54) is 19.2 Å². The van der Waals surface area contributed by atoms with Gasteiger partial charge < -0.3 is 25.6 Å². The number of carbonyl (C=O) groups is 4. The second-order valence-corrected chi connectivity index (χ2v) is 10.2.